The van der Waals surface area contributed by atoms with Crippen molar-refractivity contribution in [1.82, 2.24) is 10.6 Å². The molecule has 3 rings (SSSR count). The van der Waals surface area contributed by atoms with Crippen LogP contribution in [0, 0.1) is 5.92 Å². The fourth-order valence-corrected chi connectivity index (χ4v) is 6.68. The monoisotopic (exact) mass is 741 g/mol. The number of esters is 1. The molecule has 3 N–H and O–H groups in total. The zero-order valence-corrected chi connectivity index (χ0v) is 32.2. The minimum Gasteiger partial charge on any atom is -0.495 e. The molecule has 8 atom stereocenters. The molecular weight excluding hydrogens is 690 g/mol. The van der Waals surface area contributed by atoms with Gasteiger partial charge in [-0.3, -0.25) is 14.9 Å². The zero-order valence-electron chi connectivity index (χ0n) is 30.6. The predicted octanol–water partition coefficient (Wildman–Crippen LogP) is 4.40. The number of nitrogens with one attached hydrogen (secondary N) is 2. The standard InChI is InChI=1S/C35H52ClN3O10S/c1-11-19(2)14-23-15-24(30(36)25(16-23)46-9)39(7)29(41)17-27(48-32(42)21(4)37-28(40)12-13-50-10)34(6)31(49-34)20(3)26-18-35(44,22(5)45-8)38-33(43)47-26/h11,15-16,20-22,26-27,31,44H,12-14,17-18H2,1-10H3,(H,37,40)(H,38,43)/b19-11+/t20-,21+,22-,26+,27+,31+,34-,35+/m0/s1. The van der Waals surface area contributed by atoms with Crippen molar-refractivity contribution in [3.8, 4) is 5.75 Å². The van der Waals surface area contributed by atoms with Crippen LogP contribution in [0.1, 0.15) is 66.4 Å². The molecular formula is C35H52ClN3O10S. The Hall–Kier alpha value is -3.04. The minimum absolute atomic E-state index is 0.000542. The van der Waals surface area contributed by atoms with Crippen molar-refractivity contribution in [1.29, 1.82) is 0 Å². The van der Waals surface area contributed by atoms with Crippen LogP contribution in [0.3, 0.4) is 0 Å². The van der Waals surface area contributed by atoms with Crippen LogP contribution in [-0.2, 0) is 39.8 Å². The van der Waals surface area contributed by atoms with Crippen LogP contribution in [0.15, 0.2) is 23.8 Å². The molecule has 3 amide bonds. The minimum atomic E-state index is -1.69. The molecule has 50 heavy (non-hydrogen) atoms. The van der Waals surface area contributed by atoms with Gasteiger partial charge in [0.1, 0.15) is 40.7 Å². The van der Waals surface area contributed by atoms with Crippen molar-refractivity contribution in [2.24, 2.45) is 5.92 Å². The van der Waals surface area contributed by atoms with Gasteiger partial charge in [-0.05, 0) is 65.0 Å². The number of thioether (sulfide) groups is 1. The van der Waals surface area contributed by atoms with E-state index in [-0.39, 0.29) is 30.2 Å². The average molecular weight is 742 g/mol. The van der Waals surface area contributed by atoms with Gasteiger partial charge in [0.25, 0.3) is 0 Å². The summed E-state index contributed by atoms with van der Waals surface area (Å²) in [6, 6.07) is 2.64. The number of aliphatic hydroxyl groups is 1. The number of halogens is 1. The largest absolute Gasteiger partial charge is 0.495 e. The molecule has 0 unspecified atom stereocenters. The number of epoxide rings is 1. The normalized spacial score (nSPS) is 25.7. The third-order valence-electron chi connectivity index (χ3n) is 9.60. The Bertz CT molecular complexity index is 1450. The Morgan fingerprint density at radius 1 is 1.26 bits per heavy atom. The number of carbonyl (C=O) groups is 4. The second-order valence-corrected chi connectivity index (χ2v) is 14.6. The van der Waals surface area contributed by atoms with E-state index in [9.17, 15) is 24.3 Å². The lowest BCUT2D eigenvalue weighted by molar-refractivity contribution is -0.157. The molecule has 0 saturated carbocycles. The molecule has 2 fully saturated rings. The van der Waals surface area contributed by atoms with Gasteiger partial charge >= 0.3 is 12.1 Å². The highest BCUT2D eigenvalue weighted by molar-refractivity contribution is 7.98. The van der Waals surface area contributed by atoms with Gasteiger partial charge in [-0.1, -0.05) is 30.2 Å². The number of ether oxygens (including phenoxy) is 5. The number of carbonyl (C=O) groups excluding carboxylic acids is 4. The molecule has 15 heteroatoms. The second kappa shape index (κ2) is 17.5. The van der Waals surface area contributed by atoms with Crippen molar-refractivity contribution in [3.63, 3.8) is 0 Å². The lowest BCUT2D eigenvalue weighted by Gasteiger charge is -2.41. The fraction of sp³-hybridized carbons (Fsp3) is 0.657. The highest BCUT2D eigenvalue weighted by Crippen LogP contribution is 2.49. The second-order valence-electron chi connectivity index (χ2n) is 13.2. The van der Waals surface area contributed by atoms with Gasteiger partial charge in [-0.25, -0.2) is 9.59 Å². The van der Waals surface area contributed by atoms with Crippen LogP contribution in [0.25, 0.3) is 0 Å². The average Bonchev–Trinajstić information content (AvgIpc) is 3.77. The molecule has 0 aromatic heterocycles. The molecule has 280 valence electrons. The molecule has 2 aliphatic rings. The molecule has 1 aromatic carbocycles. The summed E-state index contributed by atoms with van der Waals surface area (Å²) < 4.78 is 28.5. The fourth-order valence-electron chi connectivity index (χ4n) is 5.98. The Kier molecular flexibility index (Phi) is 14.4. The van der Waals surface area contributed by atoms with Crippen LogP contribution in [-0.4, -0.2) is 104 Å². The van der Waals surface area contributed by atoms with E-state index in [1.807, 2.05) is 38.3 Å². The van der Waals surface area contributed by atoms with Crippen molar-refractivity contribution in [2.45, 2.75) is 109 Å². The van der Waals surface area contributed by atoms with Gasteiger partial charge in [0.2, 0.25) is 11.8 Å². The number of amides is 3. The number of methoxy groups -OCH3 is 2. The van der Waals surface area contributed by atoms with Crippen molar-refractivity contribution in [2.75, 3.05) is 38.2 Å². The number of anilines is 1. The third-order valence-corrected chi connectivity index (χ3v) is 10.6. The van der Waals surface area contributed by atoms with Crippen LogP contribution in [0.4, 0.5) is 10.5 Å². The SMILES string of the molecule is C/C=C(\C)Cc1cc(OC)c(Cl)c(N(C)C(=O)C[C@@H](OC(=O)[C@@H](C)NC(=O)CCSC)[C@]2(C)O[C@@H]2[C@@H](C)[C@H]2C[C@@](O)([C@H](C)OC)NC(=O)O2)c1. The molecule has 0 bridgehead atoms. The smallest absolute Gasteiger partial charge is 0.409 e. The lowest BCUT2D eigenvalue weighted by Crippen LogP contribution is -2.63. The van der Waals surface area contributed by atoms with Gasteiger partial charge < -0.3 is 39.0 Å². The Morgan fingerprint density at radius 3 is 2.54 bits per heavy atom. The predicted molar refractivity (Wildman–Crippen MR) is 192 cm³/mol. The number of benzene rings is 1. The van der Waals surface area contributed by atoms with Crippen LogP contribution in [0.5, 0.6) is 5.75 Å². The zero-order chi connectivity index (χ0) is 37.6. The van der Waals surface area contributed by atoms with Crippen molar-refractivity contribution < 1.29 is 48.0 Å². The Morgan fingerprint density at radius 2 is 1.94 bits per heavy atom. The first-order valence-corrected chi connectivity index (χ1v) is 18.4. The number of allylic oxidation sites excluding steroid dienone is 2. The molecule has 2 saturated heterocycles. The number of rotatable bonds is 17. The number of hydrogen-bond donors (Lipinski definition) is 3. The van der Waals surface area contributed by atoms with E-state index in [1.165, 1.54) is 37.8 Å². The maximum atomic E-state index is 14.0. The number of nitrogens with zero attached hydrogens (tertiary/aromatic N) is 1. The number of cyclic esters (lactones) is 1. The number of hydrogen-bond acceptors (Lipinski definition) is 11. The first-order valence-electron chi connectivity index (χ1n) is 16.6. The summed E-state index contributed by atoms with van der Waals surface area (Å²) in [5, 5.41) is 16.5. The van der Waals surface area contributed by atoms with E-state index < -0.39 is 65.7 Å². The van der Waals surface area contributed by atoms with E-state index in [4.69, 9.17) is 35.3 Å². The summed E-state index contributed by atoms with van der Waals surface area (Å²) in [4.78, 5) is 53.7. The number of alkyl carbamates (subject to hydrolysis) is 1. The Balaban J connectivity index is 1.90. The summed E-state index contributed by atoms with van der Waals surface area (Å²) in [5.74, 6) is -0.981. The highest BCUT2D eigenvalue weighted by atomic mass is 35.5. The third kappa shape index (κ3) is 9.84. The van der Waals surface area contributed by atoms with E-state index in [1.54, 1.807) is 27.8 Å². The van der Waals surface area contributed by atoms with Crippen LogP contribution >= 0.6 is 23.4 Å². The van der Waals surface area contributed by atoms with Gasteiger partial charge in [0.15, 0.2) is 5.72 Å². The summed E-state index contributed by atoms with van der Waals surface area (Å²) in [5.41, 5.74) is -0.471. The van der Waals surface area contributed by atoms with Crippen molar-refractivity contribution >= 4 is 52.9 Å². The Labute approximate surface area is 304 Å². The summed E-state index contributed by atoms with van der Waals surface area (Å²) in [7, 11) is 4.50. The first kappa shape index (κ1) is 41.4. The van der Waals surface area contributed by atoms with Gasteiger partial charge in [0.05, 0.1) is 25.3 Å². The first-order chi connectivity index (χ1) is 23.4. The van der Waals surface area contributed by atoms with Crippen LogP contribution in [0.2, 0.25) is 5.02 Å². The van der Waals surface area contributed by atoms with E-state index >= 15 is 0 Å². The maximum absolute atomic E-state index is 14.0. The molecule has 2 heterocycles. The molecule has 0 aliphatic carbocycles. The van der Waals surface area contributed by atoms with Gasteiger partial charge in [-0.2, -0.15) is 11.8 Å². The van der Waals surface area contributed by atoms with Gasteiger partial charge in [0, 0.05) is 38.7 Å². The molecule has 2 aliphatic heterocycles. The topological polar surface area (TPSA) is 165 Å². The summed E-state index contributed by atoms with van der Waals surface area (Å²) in [6.07, 6.45) is 0.311. The lowest BCUT2D eigenvalue weighted by atomic mass is 9.84. The molecule has 13 nitrogen and oxygen atoms in total. The van der Waals surface area contributed by atoms with E-state index in [2.05, 4.69) is 10.6 Å². The van der Waals surface area contributed by atoms with Crippen molar-refractivity contribution in [3.05, 3.63) is 34.4 Å². The molecule has 1 aromatic rings. The highest BCUT2D eigenvalue weighted by Gasteiger charge is 2.64. The molecule has 0 radical (unpaired) electrons. The summed E-state index contributed by atoms with van der Waals surface area (Å²) >= 11 is 8.20. The quantitative estimate of drug-likeness (QED) is 0.118. The van der Waals surface area contributed by atoms with E-state index in [0.717, 1.165) is 11.1 Å². The van der Waals surface area contributed by atoms with E-state index in [0.29, 0.717) is 23.6 Å². The molecule has 0 spiro atoms. The van der Waals surface area contributed by atoms with Crippen LogP contribution < -0.4 is 20.3 Å². The van der Waals surface area contributed by atoms with Gasteiger partial charge in [-0.15, -0.1) is 0 Å². The maximum Gasteiger partial charge on any atom is 0.409 e. The summed E-state index contributed by atoms with van der Waals surface area (Å²) in [6.45, 7) is 10.6.